The molecule has 1 atom stereocenters. The Morgan fingerprint density at radius 3 is 2.49 bits per heavy atom. The molecule has 4 aromatic rings. The zero-order valence-electron chi connectivity index (χ0n) is 21.7. The van der Waals surface area contributed by atoms with Gasteiger partial charge < -0.3 is 10.2 Å². The van der Waals surface area contributed by atoms with Crippen molar-refractivity contribution in [1.82, 2.24) is 24.6 Å². The summed E-state index contributed by atoms with van der Waals surface area (Å²) in [6.45, 7) is 8.69. The lowest BCUT2D eigenvalue weighted by molar-refractivity contribution is 0.0600. The Morgan fingerprint density at radius 1 is 1.00 bits per heavy atom. The summed E-state index contributed by atoms with van der Waals surface area (Å²) in [6, 6.07) is 16.7. The number of nitrogens with zero attached hydrogens (tertiary/aromatic N) is 5. The monoisotopic (exact) mass is 496 g/mol. The Bertz CT molecular complexity index is 1440. The van der Waals surface area contributed by atoms with Crippen molar-refractivity contribution in [2.75, 3.05) is 11.9 Å². The van der Waals surface area contributed by atoms with Gasteiger partial charge in [-0.25, -0.2) is 9.67 Å². The van der Waals surface area contributed by atoms with Crippen molar-refractivity contribution in [3.63, 3.8) is 0 Å². The Kier molecular flexibility index (Phi) is 6.50. The minimum absolute atomic E-state index is 0.0849. The lowest BCUT2D eigenvalue weighted by Gasteiger charge is -2.35. The molecular weight excluding hydrogens is 464 g/mol. The van der Waals surface area contributed by atoms with Crippen LogP contribution in [0.5, 0.6) is 0 Å². The normalized spacial score (nSPS) is 16.1. The van der Waals surface area contributed by atoms with Gasteiger partial charge in [0.05, 0.1) is 22.7 Å². The SMILES string of the molecule is Cc1ccc(C(=O)Nc2ccc3c(C(=O)N4CCCCC4c4ccccn4)nn(C(C)(C)C)c3n2)cc1. The van der Waals surface area contributed by atoms with Crippen LogP contribution in [0.1, 0.15) is 78.2 Å². The van der Waals surface area contributed by atoms with Crippen LogP contribution in [0.25, 0.3) is 11.0 Å². The second kappa shape index (κ2) is 9.76. The van der Waals surface area contributed by atoms with Crippen LogP contribution in [0, 0.1) is 6.92 Å². The summed E-state index contributed by atoms with van der Waals surface area (Å²) in [5.74, 6) is 0.0462. The van der Waals surface area contributed by atoms with Gasteiger partial charge in [-0.15, -0.1) is 0 Å². The summed E-state index contributed by atoms with van der Waals surface area (Å²) < 4.78 is 1.77. The molecule has 0 radical (unpaired) electrons. The number of hydrogen-bond acceptors (Lipinski definition) is 5. The summed E-state index contributed by atoms with van der Waals surface area (Å²) >= 11 is 0. The largest absolute Gasteiger partial charge is 0.329 e. The first-order chi connectivity index (χ1) is 17.7. The average molecular weight is 497 g/mol. The van der Waals surface area contributed by atoms with Gasteiger partial charge in [-0.05, 0) is 83.4 Å². The third-order valence-electron chi connectivity index (χ3n) is 6.72. The molecule has 1 aliphatic heterocycles. The number of carbonyl (C=O) groups is 2. The highest BCUT2D eigenvalue weighted by Gasteiger charge is 2.33. The maximum atomic E-state index is 13.9. The van der Waals surface area contributed by atoms with Crippen LogP contribution >= 0.6 is 0 Å². The summed E-state index contributed by atoms with van der Waals surface area (Å²) in [5, 5.41) is 8.33. The number of aryl methyl sites for hydroxylation is 1. The fraction of sp³-hybridized carbons (Fsp3) is 0.345. The van der Waals surface area contributed by atoms with E-state index in [4.69, 9.17) is 10.1 Å². The molecule has 4 heterocycles. The number of fused-ring (bicyclic) bond motifs is 1. The highest BCUT2D eigenvalue weighted by Crippen LogP contribution is 2.33. The number of benzene rings is 1. The molecule has 1 unspecified atom stereocenters. The van der Waals surface area contributed by atoms with Crippen molar-refractivity contribution >= 4 is 28.7 Å². The maximum Gasteiger partial charge on any atom is 0.275 e. The number of pyridine rings is 2. The third kappa shape index (κ3) is 4.96. The van der Waals surface area contributed by atoms with E-state index in [1.54, 1.807) is 29.1 Å². The van der Waals surface area contributed by atoms with Crippen molar-refractivity contribution in [2.24, 2.45) is 0 Å². The molecule has 0 saturated carbocycles. The van der Waals surface area contributed by atoms with Crippen molar-refractivity contribution in [2.45, 2.75) is 58.5 Å². The van der Waals surface area contributed by atoms with E-state index in [9.17, 15) is 9.59 Å². The van der Waals surface area contributed by atoms with E-state index >= 15 is 0 Å². The van der Waals surface area contributed by atoms with Gasteiger partial charge in [-0.3, -0.25) is 14.6 Å². The first kappa shape index (κ1) is 24.6. The predicted molar refractivity (Wildman–Crippen MR) is 144 cm³/mol. The maximum absolute atomic E-state index is 13.9. The molecule has 3 aromatic heterocycles. The molecule has 1 aliphatic rings. The third-order valence-corrected chi connectivity index (χ3v) is 6.72. The van der Waals surface area contributed by atoms with Crippen LogP contribution in [0.15, 0.2) is 60.8 Å². The molecule has 1 N–H and O–H groups in total. The van der Waals surface area contributed by atoms with Crippen LogP contribution < -0.4 is 5.32 Å². The first-order valence-electron chi connectivity index (χ1n) is 12.7. The van der Waals surface area contributed by atoms with E-state index < -0.39 is 5.54 Å². The minimum atomic E-state index is -0.425. The Hall–Kier alpha value is -4.07. The highest BCUT2D eigenvalue weighted by atomic mass is 16.2. The van der Waals surface area contributed by atoms with Crippen molar-refractivity contribution < 1.29 is 9.59 Å². The Balaban J connectivity index is 1.51. The van der Waals surface area contributed by atoms with E-state index in [-0.39, 0.29) is 17.9 Å². The van der Waals surface area contributed by atoms with Crippen LogP contribution in [-0.4, -0.2) is 43.0 Å². The molecule has 1 saturated heterocycles. The van der Waals surface area contributed by atoms with Gasteiger partial charge in [-0.1, -0.05) is 23.8 Å². The van der Waals surface area contributed by atoms with Crippen LogP contribution in [0.4, 0.5) is 5.82 Å². The van der Waals surface area contributed by atoms with Crippen LogP contribution in [0.3, 0.4) is 0 Å². The molecule has 8 heteroatoms. The van der Waals surface area contributed by atoms with E-state index in [1.165, 1.54) is 0 Å². The topological polar surface area (TPSA) is 93.0 Å². The summed E-state index contributed by atoms with van der Waals surface area (Å²) in [4.78, 5) is 37.9. The highest BCUT2D eigenvalue weighted by molar-refractivity contribution is 6.06. The van der Waals surface area contributed by atoms with Gasteiger partial charge in [0.15, 0.2) is 11.3 Å². The molecule has 37 heavy (non-hydrogen) atoms. The minimum Gasteiger partial charge on any atom is -0.329 e. The molecule has 0 aliphatic carbocycles. The number of rotatable bonds is 4. The van der Waals surface area contributed by atoms with E-state index in [0.29, 0.717) is 34.7 Å². The first-order valence-corrected chi connectivity index (χ1v) is 12.7. The van der Waals surface area contributed by atoms with Crippen molar-refractivity contribution in [1.29, 1.82) is 0 Å². The van der Waals surface area contributed by atoms with Gasteiger partial charge in [-0.2, -0.15) is 5.10 Å². The van der Waals surface area contributed by atoms with Gasteiger partial charge in [0.1, 0.15) is 5.82 Å². The van der Waals surface area contributed by atoms with E-state index in [2.05, 4.69) is 10.3 Å². The molecule has 8 nitrogen and oxygen atoms in total. The van der Waals surface area contributed by atoms with Gasteiger partial charge in [0, 0.05) is 18.3 Å². The number of piperidine rings is 1. The van der Waals surface area contributed by atoms with E-state index in [0.717, 1.165) is 30.5 Å². The molecular formula is C29H32N6O2. The Labute approximate surface area is 216 Å². The van der Waals surface area contributed by atoms with Gasteiger partial charge in [0.2, 0.25) is 0 Å². The average Bonchev–Trinajstić information content (AvgIpc) is 3.29. The second-order valence-corrected chi connectivity index (χ2v) is 10.6. The summed E-state index contributed by atoms with van der Waals surface area (Å²) in [7, 11) is 0. The van der Waals surface area contributed by atoms with Crippen LogP contribution in [-0.2, 0) is 5.54 Å². The number of likely N-dealkylation sites (tertiary alicyclic amines) is 1. The number of aromatic nitrogens is 4. The van der Waals surface area contributed by atoms with E-state index in [1.807, 2.05) is 69.0 Å². The molecule has 2 amide bonds. The fourth-order valence-corrected chi connectivity index (χ4v) is 4.78. The number of carbonyl (C=O) groups excluding carboxylic acids is 2. The molecule has 190 valence electrons. The number of anilines is 1. The molecule has 5 rings (SSSR count). The number of hydrogen-bond donors (Lipinski definition) is 1. The van der Waals surface area contributed by atoms with Crippen molar-refractivity contribution in [3.8, 4) is 0 Å². The number of nitrogens with one attached hydrogen (secondary N) is 1. The standard InChI is InChI=1S/C29H32N6O2/c1-19-11-13-20(14-12-19)27(36)32-24-16-15-21-25(33-35(26(21)31-24)29(2,3)4)28(37)34-18-8-6-10-23(34)22-9-5-7-17-30-22/h5,7,9,11-17,23H,6,8,10,18H2,1-4H3,(H,31,32,36). The molecule has 0 spiro atoms. The van der Waals surface area contributed by atoms with Gasteiger partial charge >= 0.3 is 0 Å². The Morgan fingerprint density at radius 2 is 1.78 bits per heavy atom. The predicted octanol–water partition coefficient (Wildman–Crippen LogP) is 5.51. The quantitative estimate of drug-likeness (QED) is 0.402. The van der Waals surface area contributed by atoms with Crippen molar-refractivity contribution in [3.05, 3.63) is 83.3 Å². The summed E-state index contributed by atoms with van der Waals surface area (Å²) in [6.07, 6.45) is 4.63. The summed E-state index contributed by atoms with van der Waals surface area (Å²) in [5.41, 5.74) is 3.04. The lowest BCUT2D eigenvalue weighted by atomic mass is 9.98. The number of amides is 2. The smallest absolute Gasteiger partial charge is 0.275 e. The molecule has 1 fully saturated rings. The van der Waals surface area contributed by atoms with Gasteiger partial charge in [0.25, 0.3) is 11.8 Å². The second-order valence-electron chi connectivity index (χ2n) is 10.6. The lowest BCUT2D eigenvalue weighted by Crippen LogP contribution is -2.39. The molecule has 0 bridgehead atoms. The van der Waals surface area contributed by atoms with Crippen LogP contribution in [0.2, 0.25) is 0 Å². The fourth-order valence-electron chi connectivity index (χ4n) is 4.78. The zero-order chi connectivity index (χ0) is 26.2. The zero-order valence-corrected chi connectivity index (χ0v) is 21.7. The molecule has 1 aromatic carbocycles.